The molecule has 0 saturated heterocycles. The molecule has 3 aromatic rings. The highest BCUT2D eigenvalue weighted by atomic mass is 16.5. The Hall–Kier alpha value is -4.26. The minimum Gasteiger partial charge on any atom is -0.497 e. The van der Waals surface area contributed by atoms with E-state index in [1.54, 1.807) is 43.5 Å². The molecule has 0 fully saturated rings. The summed E-state index contributed by atoms with van der Waals surface area (Å²) in [4.78, 5) is 24.2. The van der Waals surface area contributed by atoms with Crippen LogP contribution in [0.25, 0.3) is 6.08 Å². The van der Waals surface area contributed by atoms with E-state index >= 15 is 0 Å². The third kappa shape index (κ3) is 7.43. The summed E-state index contributed by atoms with van der Waals surface area (Å²) in [6.45, 7) is 2.91. The molecule has 0 spiro atoms. The van der Waals surface area contributed by atoms with Crippen LogP contribution in [0.2, 0.25) is 0 Å². The van der Waals surface area contributed by atoms with Crippen molar-refractivity contribution < 1.29 is 23.8 Å². The molecule has 0 radical (unpaired) electrons. The molecule has 2 amide bonds. The number of ether oxygens (including phenoxy) is 3. The van der Waals surface area contributed by atoms with Crippen molar-refractivity contribution in [2.24, 2.45) is 0 Å². The minimum absolute atomic E-state index is 0.363. The fraction of sp³-hybridized carbons (Fsp3) is 0.154. The second-order valence-corrected chi connectivity index (χ2v) is 6.94. The zero-order valence-corrected chi connectivity index (χ0v) is 18.5. The molecule has 2 N–H and O–H groups in total. The second kappa shape index (κ2) is 12.0. The molecule has 0 heterocycles. The van der Waals surface area contributed by atoms with Crippen LogP contribution in [-0.4, -0.2) is 25.5 Å². The van der Waals surface area contributed by atoms with Gasteiger partial charge in [0.25, 0.3) is 11.8 Å². The molecule has 3 rings (SSSR count). The number of carbonyl (C=O) groups is 2. The molecule has 3 aromatic carbocycles. The van der Waals surface area contributed by atoms with Gasteiger partial charge in [-0.1, -0.05) is 24.3 Å². The van der Waals surface area contributed by atoms with Gasteiger partial charge in [-0.15, -0.1) is 0 Å². The Labute approximate surface area is 193 Å². The number of nitrogens with one attached hydrogen (secondary N) is 2. The van der Waals surface area contributed by atoms with Crippen molar-refractivity contribution in [2.75, 3.05) is 13.7 Å². The van der Waals surface area contributed by atoms with Crippen LogP contribution in [0.5, 0.6) is 17.2 Å². The van der Waals surface area contributed by atoms with Gasteiger partial charge in [0, 0.05) is 11.6 Å². The Morgan fingerprint density at radius 1 is 0.848 bits per heavy atom. The zero-order chi connectivity index (χ0) is 23.5. The molecule has 0 aliphatic carbocycles. The fourth-order valence-corrected chi connectivity index (χ4v) is 2.87. The van der Waals surface area contributed by atoms with Gasteiger partial charge >= 0.3 is 0 Å². The lowest BCUT2D eigenvalue weighted by Gasteiger charge is -2.09. The lowest BCUT2D eigenvalue weighted by atomic mass is 10.1. The van der Waals surface area contributed by atoms with Crippen LogP contribution >= 0.6 is 0 Å². The SMILES string of the molecule is CCOc1ccc(OCc2ccc(C(=O)NNC(=O)C=Cc3cccc(OC)c3)cc2)cc1. The van der Waals surface area contributed by atoms with Gasteiger partial charge in [-0.2, -0.15) is 0 Å². The zero-order valence-electron chi connectivity index (χ0n) is 18.5. The molecule has 0 saturated carbocycles. The highest BCUT2D eigenvalue weighted by Gasteiger charge is 2.06. The first kappa shape index (κ1) is 23.4. The third-order valence-corrected chi connectivity index (χ3v) is 4.58. The second-order valence-electron chi connectivity index (χ2n) is 6.94. The summed E-state index contributed by atoms with van der Waals surface area (Å²) in [6.07, 6.45) is 2.96. The fourth-order valence-electron chi connectivity index (χ4n) is 2.87. The van der Waals surface area contributed by atoms with E-state index in [4.69, 9.17) is 14.2 Å². The van der Waals surface area contributed by atoms with Crippen LogP contribution in [0.3, 0.4) is 0 Å². The molecular formula is C26H26N2O5. The maximum atomic E-state index is 12.3. The molecule has 0 aromatic heterocycles. The van der Waals surface area contributed by atoms with E-state index in [1.807, 2.05) is 49.4 Å². The highest BCUT2D eigenvalue weighted by Crippen LogP contribution is 2.19. The predicted octanol–water partition coefficient (Wildman–Crippen LogP) is 4.15. The molecule has 170 valence electrons. The topological polar surface area (TPSA) is 85.9 Å². The largest absolute Gasteiger partial charge is 0.497 e. The summed E-state index contributed by atoms with van der Waals surface area (Å²) in [7, 11) is 1.58. The van der Waals surface area contributed by atoms with Gasteiger partial charge in [0.05, 0.1) is 13.7 Å². The summed E-state index contributed by atoms with van der Waals surface area (Å²) in [5.41, 5.74) is 6.88. The smallest absolute Gasteiger partial charge is 0.269 e. The van der Waals surface area contributed by atoms with E-state index in [1.165, 1.54) is 6.08 Å². The number of hydrazine groups is 1. The van der Waals surface area contributed by atoms with Gasteiger partial charge in [-0.3, -0.25) is 20.4 Å². The number of carbonyl (C=O) groups excluding carboxylic acids is 2. The van der Waals surface area contributed by atoms with Gasteiger partial charge in [0.2, 0.25) is 0 Å². The van der Waals surface area contributed by atoms with E-state index in [2.05, 4.69) is 10.9 Å². The van der Waals surface area contributed by atoms with Crippen LogP contribution in [-0.2, 0) is 11.4 Å². The third-order valence-electron chi connectivity index (χ3n) is 4.58. The average Bonchev–Trinajstić information content (AvgIpc) is 2.86. The summed E-state index contributed by atoms with van der Waals surface area (Å²) < 4.78 is 16.3. The average molecular weight is 447 g/mol. The van der Waals surface area contributed by atoms with Gasteiger partial charge in [-0.25, -0.2) is 0 Å². The molecule has 0 unspecified atom stereocenters. The summed E-state index contributed by atoms with van der Waals surface area (Å²) >= 11 is 0. The molecule has 7 nitrogen and oxygen atoms in total. The monoisotopic (exact) mass is 446 g/mol. The summed E-state index contributed by atoms with van der Waals surface area (Å²) in [5, 5.41) is 0. The van der Waals surface area contributed by atoms with Gasteiger partial charge in [0.15, 0.2) is 0 Å². The molecule has 0 aliphatic heterocycles. The van der Waals surface area contributed by atoms with E-state index in [9.17, 15) is 9.59 Å². The number of methoxy groups -OCH3 is 1. The van der Waals surface area contributed by atoms with Crippen molar-refractivity contribution in [1.29, 1.82) is 0 Å². The first-order valence-electron chi connectivity index (χ1n) is 10.4. The highest BCUT2D eigenvalue weighted by molar-refractivity contribution is 5.97. The maximum absolute atomic E-state index is 12.3. The summed E-state index contributed by atoms with van der Waals surface area (Å²) in [6, 6.07) is 21.6. The summed E-state index contributed by atoms with van der Waals surface area (Å²) in [5.74, 6) is 1.34. The van der Waals surface area contributed by atoms with Gasteiger partial charge in [0.1, 0.15) is 23.9 Å². The Kier molecular flexibility index (Phi) is 8.48. The number of amides is 2. The maximum Gasteiger partial charge on any atom is 0.269 e. The Morgan fingerprint density at radius 3 is 2.21 bits per heavy atom. The van der Waals surface area contributed by atoms with E-state index in [0.717, 1.165) is 22.6 Å². The quantitative estimate of drug-likeness (QED) is 0.381. The Morgan fingerprint density at radius 2 is 1.55 bits per heavy atom. The molecule has 0 bridgehead atoms. The number of hydrogen-bond acceptors (Lipinski definition) is 5. The lowest BCUT2D eigenvalue weighted by molar-refractivity contribution is -0.117. The first-order chi connectivity index (χ1) is 16.1. The molecule has 0 atom stereocenters. The molecule has 33 heavy (non-hydrogen) atoms. The van der Waals surface area contributed by atoms with Crippen molar-refractivity contribution in [3.05, 3.63) is 95.6 Å². The number of rotatable bonds is 9. The van der Waals surface area contributed by atoms with Crippen LogP contribution in [0.4, 0.5) is 0 Å². The normalized spacial score (nSPS) is 10.5. The number of benzene rings is 3. The predicted molar refractivity (Wildman–Crippen MR) is 126 cm³/mol. The van der Waals surface area contributed by atoms with Crippen LogP contribution < -0.4 is 25.1 Å². The molecule has 0 aliphatic rings. The van der Waals surface area contributed by atoms with Crippen LogP contribution in [0.15, 0.2) is 78.9 Å². The molecular weight excluding hydrogens is 420 g/mol. The van der Waals surface area contributed by atoms with Crippen molar-refractivity contribution >= 4 is 17.9 Å². The Bertz CT molecular complexity index is 1090. The van der Waals surface area contributed by atoms with Crippen molar-refractivity contribution in [2.45, 2.75) is 13.5 Å². The standard InChI is InChI=1S/C26H26N2O5/c1-3-32-22-12-14-23(15-13-22)33-18-20-7-10-21(11-8-20)26(30)28-27-25(29)16-9-19-5-4-6-24(17-19)31-2/h4-17H,3,18H2,1-2H3,(H,27,29)(H,28,30). The molecule has 7 heteroatoms. The minimum atomic E-state index is -0.452. The lowest BCUT2D eigenvalue weighted by Crippen LogP contribution is -2.40. The van der Waals surface area contributed by atoms with Crippen molar-refractivity contribution in [1.82, 2.24) is 10.9 Å². The van der Waals surface area contributed by atoms with Gasteiger partial charge in [-0.05, 0) is 72.7 Å². The van der Waals surface area contributed by atoms with E-state index < -0.39 is 11.8 Å². The van der Waals surface area contributed by atoms with Crippen molar-refractivity contribution in [3.8, 4) is 17.2 Å². The van der Waals surface area contributed by atoms with Crippen LogP contribution in [0, 0.1) is 0 Å². The van der Waals surface area contributed by atoms with Crippen molar-refractivity contribution in [3.63, 3.8) is 0 Å². The van der Waals surface area contributed by atoms with E-state index in [-0.39, 0.29) is 0 Å². The van der Waals surface area contributed by atoms with E-state index in [0.29, 0.717) is 24.5 Å². The first-order valence-corrected chi connectivity index (χ1v) is 10.4. The van der Waals surface area contributed by atoms with Crippen LogP contribution in [0.1, 0.15) is 28.4 Å². The Balaban J connectivity index is 1.45. The van der Waals surface area contributed by atoms with Gasteiger partial charge < -0.3 is 14.2 Å². The number of hydrogen-bond donors (Lipinski definition) is 2.